The summed E-state index contributed by atoms with van der Waals surface area (Å²) in [7, 11) is 3.57. The Kier molecular flexibility index (Phi) is 7.04. The van der Waals surface area contributed by atoms with E-state index in [0.717, 1.165) is 72.4 Å². The van der Waals surface area contributed by atoms with Crippen LogP contribution in [0.3, 0.4) is 0 Å². The second-order valence-electron chi connectivity index (χ2n) is 11.9. The summed E-state index contributed by atoms with van der Waals surface area (Å²) >= 11 is 0. The van der Waals surface area contributed by atoms with E-state index in [9.17, 15) is 4.79 Å². The van der Waals surface area contributed by atoms with Crippen molar-refractivity contribution in [2.24, 2.45) is 7.05 Å². The van der Waals surface area contributed by atoms with E-state index in [0.29, 0.717) is 12.2 Å². The Morgan fingerprint density at radius 1 is 1.07 bits per heavy atom. The molecule has 4 heterocycles. The van der Waals surface area contributed by atoms with Crippen molar-refractivity contribution < 1.29 is 9.63 Å². The molecule has 3 aliphatic rings. The molecule has 2 N–H and O–H groups in total. The van der Waals surface area contributed by atoms with Gasteiger partial charge in [0.2, 0.25) is 0 Å². The molecule has 4 aromatic rings. The van der Waals surface area contributed by atoms with Gasteiger partial charge >= 0.3 is 0 Å². The van der Waals surface area contributed by atoms with Crippen molar-refractivity contribution in [2.75, 3.05) is 46.4 Å². The third-order valence-corrected chi connectivity index (χ3v) is 9.54. The van der Waals surface area contributed by atoms with E-state index in [2.05, 4.69) is 63.1 Å². The van der Waals surface area contributed by atoms with Crippen molar-refractivity contribution in [3.8, 4) is 11.1 Å². The van der Waals surface area contributed by atoms with Crippen molar-refractivity contribution in [1.82, 2.24) is 34.9 Å². The number of hydrogen-bond donors (Lipinski definition) is 2. The molecule has 2 aromatic heterocycles. The van der Waals surface area contributed by atoms with Gasteiger partial charge in [0.15, 0.2) is 0 Å². The van der Waals surface area contributed by atoms with Crippen LogP contribution < -0.4 is 10.8 Å². The first-order chi connectivity index (χ1) is 20.5. The first-order valence-electron chi connectivity index (χ1n) is 15.4. The van der Waals surface area contributed by atoms with Crippen LogP contribution in [-0.2, 0) is 37.8 Å². The number of rotatable bonds is 9. The van der Waals surface area contributed by atoms with Crippen LogP contribution in [0.25, 0.3) is 38.6 Å². The summed E-state index contributed by atoms with van der Waals surface area (Å²) in [6.07, 6.45) is 6.12. The molecule has 0 atom stereocenters. The summed E-state index contributed by atoms with van der Waals surface area (Å²) in [5.74, 6) is 0.0190. The predicted molar refractivity (Wildman–Crippen MR) is 167 cm³/mol. The lowest BCUT2D eigenvalue weighted by molar-refractivity contribution is 0.0966. The molecule has 0 saturated carbocycles. The number of piperazine rings is 1. The summed E-state index contributed by atoms with van der Waals surface area (Å²) in [4.78, 5) is 23.7. The van der Waals surface area contributed by atoms with Crippen LogP contribution in [0.5, 0.6) is 0 Å². The second kappa shape index (κ2) is 10.9. The first-order valence-corrected chi connectivity index (χ1v) is 15.4. The van der Waals surface area contributed by atoms with Crippen LogP contribution in [0, 0.1) is 0 Å². The van der Waals surface area contributed by atoms with Crippen molar-refractivity contribution >= 4 is 33.4 Å². The molecule has 1 saturated heterocycles. The Labute approximate surface area is 247 Å². The molecule has 0 unspecified atom stereocenters. The maximum Gasteiger partial charge on any atom is 0.252 e. The number of hydroxylamine groups is 1. The van der Waals surface area contributed by atoms with Gasteiger partial charge in [0.25, 0.3) is 5.91 Å². The number of carbonyl (C=O) groups excluding carboxylic acids is 1. The number of amides is 1. The first kappa shape index (κ1) is 27.2. The number of nitrogens with zero attached hydrogens (tertiary/aromatic N) is 5. The van der Waals surface area contributed by atoms with E-state index in [4.69, 9.17) is 9.94 Å². The van der Waals surface area contributed by atoms with E-state index in [1.807, 2.05) is 11.7 Å². The van der Waals surface area contributed by atoms with Crippen LogP contribution in [0.15, 0.2) is 31.0 Å². The quantitative estimate of drug-likeness (QED) is 0.235. The highest BCUT2D eigenvalue weighted by atomic mass is 16.6. The fourth-order valence-corrected chi connectivity index (χ4v) is 7.45. The molecular formula is C33H41N7O2. The van der Waals surface area contributed by atoms with Gasteiger partial charge in [-0.05, 0) is 62.0 Å². The monoisotopic (exact) mass is 567 g/mol. The lowest BCUT2D eigenvalue weighted by Gasteiger charge is -2.34. The molecule has 0 spiro atoms. The molecular weight excluding hydrogens is 526 g/mol. The third kappa shape index (κ3) is 4.42. The molecule has 42 heavy (non-hydrogen) atoms. The fraction of sp³-hybridized carbons (Fsp3) is 0.455. The summed E-state index contributed by atoms with van der Waals surface area (Å²) in [5, 5.41) is 10.3. The van der Waals surface area contributed by atoms with E-state index < -0.39 is 0 Å². The SMILES string of the molecule is C=C(NOC)c1ccc2c(c1)c1c3c(c4c(c1n2CCCCN1CCN(CC)CC1)CCc1nn(C)cc1-4)C(=O)NC3. The Bertz CT molecular complexity index is 1710. The number of aromatic nitrogens is 3. The van der Waals surface area contributed by atoms with Crippen LogP contribution >= 0.6 is 0 Å². The van der Waals surface area contributed by atoms with Crippen molar-refractivity contribution in [3.05, 3.63) is 58.9 Å². The smallest absolute Gasteiger partial charge is 0.252 e. The van der Waals surface area contributed by atoms with Crippen molar-refractivity contribution in [2.45, 2.75) is 45.7 Å². The van der Waals surface area contributed by atoms with Crippen LogP contribution in [0.2, 0.25) is 0 Å². The van der Waals surface area contributed by atoms with Gasteiger partial charge in [0, 0.05) is 85.5 Å². The number of benzene rings is 2. The van der Waals surface area contributed by atoms with Crippen LogP contribution in [-0.4, -0.2) is 76.4 Å². The molecule has 1 aliphatic carbocycles. The highest BCUT2D eigenvalue weighted by molar-refractivity contribution is 6.19. The van der Waals surface area contributed by atoms with Gasteiger partial charge in [-0.15, -0.1) is 0 Å². The molecule has 7 rings (SSSR count). The van der Waals surface area contributed by atoms with E-state index in [1.54, 1.807) is 7.11 Å². The van der Waals surface area contributed by atoms with Crippen molar-refractivity contribution in [1.29, 1.82) is 0 Å². The van der Waals surface area contributed by atoms with Crippen LogP contribution in [0.4, 0.5) is 0 Å². The van der Waals surface area contributed by atoms with Crippen LogP contribution in [0.1, 0.15) is 52.5 Å². The average Bonchev–Trinajstić information content (AvgIpc) is 3.67. The molecule has 220 valence electrons. The standard InChI is InChI=1S/C33H41N7O2/c1-5-38-14-16-39(17-15-38)12-6-7-13-40-28-11-8-22(21(2)36-42-4)18-24(28)30-25-19-34-33(41)31(25)29-23(32(30)40)9-10-27-26(29)20-37(3)35-27/h8,11,18,20,36H,2,5-7,9-10,12-17,19H2,1,3-4H3,(H,34,41). The minimum atomic E-state index is 0.0190. The number of unbranched alkanes of at least 4 members (excludes halogenated alkanes) is 1. The van der Waals surface area contributed by atoms with Gasteiger partial charge < -0.3 is 19.7 Å². The molecule has 9 nitrogen and oxygen atoms in total. The Morgan fingerprint density at radius 3 is 2.64 bits per heavy atom. The maximum atomic E-state index is 13.4. The number of hydrogen-bond acceptors (Lipinski definition) is 6. The largest absolute Gasteiger partial charge is 0.348 e. The molecule has 2 aromatic carbocycles. The van der Waals surface area contributed by atoms with Gasteiger partial charge in [-0.2, -0.15) is 5.10 Å². The predicted octanol–water partition coefficient (Wildman–Crippen LogP) is 4.08. The van der Waals surface area contributed by atoms with Gasteiger partial charge in [0.1, 0.15) is 0 Å². The summed E-state index contributed by atoms with van der Waals surface area (Å²) in [6, 6.07) is 6.55. The van der Waals surface area contributed by atoms with Gasteiger partial charge in [-0.25, -0.2) is 0 Å². The highest BCUT2D eigenvalue weighted by Gasteiger charge is 2.35. The number of aryl methyl sites for hydroxylation is 4. The molecule has 0 radical (unpaired) electrons. The zero-order valence-corrected chi connectivity index (χ0v) is 25.1. The summed E-state index contributed by atoms with van der Waals surface area (Å²) in [6.45, 7) is 14.9. The second-order valence-corrected chi connectivity index (χ2v) is 11.9. The zero-order chi connectivity index (χ0) is 29.0. The summed E-state index contributed by atoms with van der Waals surface area (Å²) in [5.41, 5.74) is 13.6. The van der Waals surface area contributed by atoms with Gasteiger partial charge in [0.05, 0.1) is 29.6 Å². The normalized spacial score (nSPS) is 17.0. The van der Waals surface area contributed by atoms with Gasteiger partial charge in [-0.3, -0.25) is 19.8 Å². The molecule has 9 heteroatoms. The molecule has 1 fully saturated rings. The Hall–Kier alpha value is -3.66. The zero-order valence-electron chi connectivity index (χ0n) is 25.1. The van der Waals surface area contributed by atoms with Gasteiger partial charge in [-0.1, -0.05) is 19.6 Å². The van der Waals surface area contributed by atoms with Crippen molar-refractivity contribution in [3.63, 3.8) is 0 Å². The fourth-order valence-electron chi connectivity index (χ4n) is 7.45. The van der Waals surface area contributed by atoms with E-state index in [-0.39, 0.29) is 5.91 Å². The number of fused-ring (bicyclic) bond motifs is 10. The lowest BCUT2D eigenvalue weighted by atomic mass is 9.82. The highest BCUT2D eigenvalue weighted by Crippen LogP contribution is 2.47. The molecule has 2 aliphatic heterocycles. The topological polar surface area (TPSA) is 79.6 Å². The Balaban J connectivity index is 1.34. The average molecular weight is 568 g/mol. The number of nitrogens with one attached hydrogen (secondary N) is 2. The number of carbonyl (C=O) groups is 1. The molecule has 1 amide bonds. The molecule has 0 bridgehead atoms. The van der Waals surface area contributed by atoms with E-state index in [1.165, 1.54) is 60.0 Å². The Morgan fingerprint density at radius 2 is 1.86 bits per heavy atom. The van der Waals surface area contributed by atoms with E-state index >= 15 is 0 Å². The maximum absolute atomic E-state index is 13.4. The third-order valence-electron chi connectivity index (χ3n) is 9.54. The minimum Gasteiger partial charge on any atom is -0.348 e. The minimum absolute atomic E-state index is 0.0190. The lowest BCUT2D eigenvalue weighted by Crippen LogP contribution is -2.46. The number of likely N-dealkylation sites (N-methyl/N-ethyl adjacent to an activating group) is 1. The summed E-state index contributed by atoms with van der Waals surface area (Å²) < 4.78 is 4.43.